The van der Waals surface area contributed by atoms with Crippen molar-refractivity contribution in [2.75, 3.05) is 10.6 Å². The number of carbonyl (C=O) groups is 3. The summed E-state index contributed by atoms with van der Waals surface area (Å²) in [5, 5.41) is 15.9. The van der Waals surface area contributed by atoms with Gasteiger partial charge < -0.3 is 15.7 Å². The molecule has 2 aromatic rings. The van der Waals surface area contributed by atoms with E-state index in [1.165, 1.54) is 11.3 Å². The van der Waals surface area contributed by atoms with Crippen LogP contribution in [0.1, 0.15) is 54.3 Å². The van der Waals surface area contributed by atoms with E-state index >= 15 is 0 Å². The number of carbonyl (C=O) groups excluding carboxylic acids is 2. The SMILES string of the molecule is CC(C)c1cc(C(=O)Nc2ccccc2)c(NC(=O)[C@H]2[C@@H]3CC[C@@H](C3)[C@@H]2C(=O)O)s1. The van der Waals surface area contributed by atoms with Crippen molar-refractivity contribution in [3.8, 4) is 0 Å². The Morgan fingerprint density at radius 3 is 2.33 bits per heavy atom. The van der Waals surface area contributed by atoms with Crippen LogP contribution in [0.2, 0.25) is 0 Å². The lowest BCUT2D eigenvalue weighted by atomic mass is 9.79. The van der Waals surface area contributed by atoms with Crippen LogP contribution in [0.4, 0.5) is 10.7 Å². The zero-order chi connectivity index (χ0) is 21.4. The smallest absolute Gasteiger partial charge is 0.307 e. The normalized spacial score (nSPS) is 24.8. The third-order valence-electron chi connectivity index (χ3n) is 6.34. The molecule has 158 valence electrons. The van der Waals surface area contributed by atoms with Crippen LogP contribution < -0.4 is 10.6 Å². The van der Waals surface area contributed by atoms with Gasteiger partial charge in [-0.1, -0.05) is 32.0 Å². The molecule has 3 N–H and O–H groups in total. The Hall–Kier alpha value is -2.67. The maximum atomic E-state index is 13.1. The van der Waals surface area contributed by atoms with Crippen molar-refractivity contribution in [3.63, 3.8) is 0 Å². The van der Waals surface area contributed by atoms with Gasteiger partial charge in [-0.3, -0.25) is 14.4 Å². The molecule has 0 radical (unpaired) electrons. The molecule has 6 nitrogen and oxygen atoms in total. The molecule has 0 aliphatic heterocycles. The summed E-state index contributed by atoms with van der Waals surface area (Å²) < 4.78 is 0. The number of rotatable bonds is 6. The number of aliphatic carboxylic acids is 1. The Morgan fingerprint density at radius 2 is 1.70 bits per heavy atom. The summed E-state index contributed by atoms with van der Waals surface area (Å²) >= 11 is 1.38. The summed E-state index contributed by atoms with van der Waals surface area (Å²) in [6.07, 6.45) is 2.58. The van der Waals surface area contributed by atoms with Crippen molar-refractivity contribution in [2.24, 2.45) is 23.7 Å². The van der Waals surface area contributed by atoms with Gasteiger partial charge in [0.15, 0.2) is 0 Å². The van der Waals surface area contributed by atoms with E-state index in [1.807, 2.05) is 38.1 Å². The minimum atomic E-state index is -0.890. The van der Waals surface area contributed by atoms with Crippen LogP contribution in [-0.2, 0) is 9.59 Å². The zero-order valence-electron chi connectivity index (χ0n) is 17.1. The number of hydrogen-bond acceptors (Lipinski definition) is 4. The van der Waals surface area contributed by atoms with E-state index < -0.39 is 17.8 Å². The summed E-state index contributed by atoms with van der Waals surface area (Å²) in [7, 11) is 0. The first kappa shape index (κ1) is 20.6. The number of benzene rings is 1. The van der Waals surface area contributed by atoms with Crippen LogP contribution in [0.25, 0.3) is 0 Å². The average Bonchev–Trinajstić information content (AvgIpc) is 3.42. The van der Waals surface area contributed by atoms with Gasteiger partial charge in [0.2, 0.25) is 5.91 Å². The standard InChI is InChI=1S/C23H26N2O4S/c1-12(2)17-11-16(20(26)24-15-6-4-3-5-7-15)22(30-17)25-21(27)18-13-8-9-14(10-13)19(18)23(28)29/h3-7,11-14,18-19H,8-10H2,1-2H3,(H,24,26)(H,25,27)(H,28,29)/t13-,14+,18+,19+/m1/s1. The number of nitrogens with one attached hydrogen (secondary N) is 2. The average molecular weight is 427 g/mol. The van der Waals surface area contributed by atoms with E-state index in [0.717, 1.165) is 24.1 Å². The van der Waals surface area contributed by atoms with Gasteiger partial charge in [-0.05, 0) is 55.2 Å². The Labute approximate surface area is 179 Å². The van der Waals surface area contributed by atoms with Crippen LogP contribution in [-0.4, -0.2) is 22.9 Å². The molecule has 1 heterocycles. The van der Waals surface area contributed by atoms with Gasteiger partial charge in [0.05, 0.1) is 17.4 Å². The molecule has 2 bridgehead atoms. The summed E-state index contributed by atoms with van der Waals surface area (Å²) in [4.78, 5) is 38.8. The second-order valence-corrected chi connectivity index (χ2v) is 9.66. The number of hydrogen-bond donors (Lipinski definition) is 3. The van der Waals surface area contributed by atoms with E-state index in [1.54, 1.807) is 12.1 Å². The third kappa shape index (κ3) is 3.86. The van der Waals surface area contributed by atoms with Gasteiger partial charge in [0.1, 0.15) is 5.00 Å². The largest absolute Gasteiger partial charge is 0.481 e. The second-order valence-electron chi connectivity index (χ2n) is 8.58. The highest BCUT2D eigenvalue weighted by Gasteiger charge is 2.54. The Morgan fingerprint density at radius 1 is 1.03 bits per heavy atom. The number of fused-ring (bicyclic) bond motifs is 2. The molecule has 4 rings (SSSR count). The predicted octanol–water partition coefficient (Wildman–Crippen LogP) is 4.81. The topological polar surface area (TPSA) is 95.5 Å². The molecular formula is C23H26N2O4S. The summed E-state index contributed by atoms with van der Waals surface area (Å²) in [6.45, 7) is 4.07. The summed E-state index contributed by atoms with van der Waals surface area (Å²) in [5.74, 6) is -2.22. The van der Waals surface area contributed by atoms with Gasteiger partial charge in [0.25, 0.3) is 5.91 Å². The van der Waals surface area contributed by atoms with Crippen LogP contribution in [0.3, 0.4) is 0 Å². The number of carboxylic acid groups (broad SMARTS) is 1. The quantitative estimate of drug-likeness (QED) is 0.618. The lowest BCUT2D eigenvalue weighted by Gasteiger charge is -2.26. The molecule has 4 atom stereocenters. The molecule has 1 aromatic carbocycles. The van der Waals surface area contributed by atoms with E-state index in [4.69, 9.17) is 0 Å². The Balaban J connectivity index is 1.58. The maximum Gasteiger partial charge on any atom is 0.307 e. The molecule has 7 heteroatoms. The molecule has 2 fully saturated rings. The van der Waals surface area contributed by atoms with Crippen molar-refractivity contribution in [1.29, 1.82) is 0 Å². The van der Waals surface area contributed by atoms with E-state index in [2.05, 4.69) is 10.6 Å². The highest BCUT2D eigenvalue weighted by molar-refractivity contribution is 7.16. The molecule has 0 unspecified atom stereocenters. The van der Waals surface area contributed by atoms with Crippen LogP contribution in [0.5, 0.6) is 0 Å². The van der Waals surface area contributed by atoms with E-state index in [-0.39, 0.29) is 29.6 Å². The fourth-order valence-corrected chi connectivity index (χ4v) is 5.96. The predicted molar refractivity (Wildman–Crippen MR) is 117 cm³/mol. The van der Waals surface area contributed by atoms with Crippen LogP contribution in [0, 0.1) is 23.7 Å². The van der Waals surface area contributed by atoms with E-state index in [0.29, 0.717) is 16.3 Å². The number of para-hydroxylation sites is 1. The Bertz CT molecular complexity index is 969. The first-order valence-corrected chi connectivity index (χ1v) is 11.2. The zero-order valence-corrected chi connectivity index (χ0v) is 17.9. The highest BCUT2D eigenvalue weighted by atomic mass is 32.1. The van der Waals surface area contributed by atoms with E-state index in [9.17, 15) is 19.5 Å². The van der Waals surface area contributed by atoms with Gasteiger partial charge >= 0.3 is 5.97 Å². The Kier molecular flexibility index (Phi) is 5.64. The molecular weight excluding hydrogens is 400 g/mol. The molecule has 1 aromatic heterocycles. The van der Waals surface area contributed by atoms with Crippen LogP contribution >= 0.6 is 11.3 Å². The van der Waals surface area contributed by atoms with Gasteiger partial charge in [-0.25, -0.2) is 0 Å². The monoisotopic (exact) mass is 426 g/mol. The fourth-order valence-electron chi connectivity index (χ4n) is 4.90. The first-order valence-electron chi connectivity index (χ1n) is 10.4. The molecule has 2 aliphatic rings. The minimum absolute atomic E-state index is 0.0821. The van der Waals surface area contributed by atoms with Gasteiger partial charge in [-0.15, -0.1) is 11.3 Å². The molecule has 2 aliphatic carbocycles. The fraction of sp³-hybridized carbons (Fsp3) is 0.435. The van der Waals surface area contributed by atoms with Gasteiger partial charge in [0, 0.05) is 10.6 Å². The maximum absolute atomic E-state index is 13.1. The van der Waals surface area contributed by atoms with Crippen molar-refractivity contribution in [3.05, 3.63) is 46.8 Å². The first-order chi connectivity index (χ1) is 14.3. The lowest BCUT2D eigenvalue weighted by Crippen LogP contribution is -2.38. The van der Waals surface area contributed by atoms with Crippen molar-refractivity contribution in [1.82, 2.24) is 0 Å². The lowest BCUT2D eigenvalue weighted by molar-refractivity contribution is -0.148. The summed E-state index contributed by atoms with van der Waals surface area (Å²) in [5.41, 5.74) is 1.09. The third-order valence-corrected chi connectivity index (χ3v) is 7.69. The number of carboxylic acids is 1. The van der Waals surface area contributed by atoms with Gasteiger partial charge in [-0.2, -0.15) is 0 Å². The van der Waals surface area contributed by atoms with Crippen molar-refractivity contribution >= 4 is 39.8 Å². The summed E-state index contributed by atoms with van der Waals surface area (Å²) in [6, 6.07) is 11.0. The molecule has 2 amide bonds. The molecule has 0 saturated heterocycles. The minimum Gasteiger partial charge on any atom is -0.481 e. The molecule has 0 spiro atoms. The second kappa shape index (κ2) is 8.22. The number of amides is 2. The number of thiophene rings is 1. The van der Waals surface area contributed by atoms with Crippen molar-refractivity contribution in [2.45, 2.75) is 39.0 Å². The number of anilines is 2. The highest BCUT2D eigenvalue weighted by Crippen LogP contribution is 2.53. The molecule has 2 saturated carbocycles. The van der Waals surface area contributed by atoms with Crippen molar-refractivity contribution < 1.29 is 19.5 Å². The van der Waals surface area contributed by atoms with Crippen LogP contribution in [0.15, 0.2) is 36.4 Å². The molecule has 30 heavy (non-hydrogen) atoms.